The van der Waals surface area contributed by atoms with E-state index in [2.05, 4.69) is 4.36 Å². The van der Waals surface area contributed by atoms with Crippen molar-refractivity contribution in [2.24, 2.45) is 4.36 Å². The van der Waals surface area contributed by atoms with Crippen LogP contribution in [-0.4, -0.2) is 14.5 Å². The van der Waals surface area contributed by atoms with Crippen LogP contribution in [0.15, 0.2) is 22.6 Å². The highest BCUT2D eigenvalue weighted by atomic mass is 32.2. The smallest absolute Gasteiger partial charge is 0.408 e. The lowest BCUT2D eigenvalue weighted by Gasteiger charge is -2.06. The Hall–Kier alpha value is -1.69. The molecule has 1 aromatic carbocycles. The minimum atomic E-state index is -2.78. The molecule has 0 spiro atoms. The Morgan fingerprint density at radius 1 is 1.44 bits per heavy atom. The molecule has 5 nitrogen and oxygen atoms in total. The van der Waals surface area contributed by atoms with E-state index in [1.54, 1.807) is 12.1 Å². The summed E-state index contributed by atoms with van der Waals surface area (Å²) in [7, 11) is -2.78. The summed E-state index contributed by atoms with van der Waals surface area (Å²) in [5, 5.41) is 0. The Labute approximate surface area is 94.8 Å². The maximum Gasteiger partial charge on any atom is 0.454 e. The van der Waals surface area contributed by atoms with Crippen molar-refractivity contribution >= 4 is 16.6 Å². The lowest BCUT2D eigenvalue weighted by Crippen LogP contribution is -2.03. The van der Waals surface area contributed by atoms with E-state index in [9.17, 15) is 13.2 Å². The van der Waals surface area contributed by atoms with Crippen LogP contribution in [0.5, 0.6) is 5.75 Å². The number of rotatable bonds is 2. The normalized spacial score (nSPS) is 9.62. The lowest BCUT2D eigenvalue weighted by atomic mass is 10.1. The number of hydrogen-bond donors (Lipinski definition) is 0. The molecule has 16 heavy (non-hydrogen) atoms. The van der Waals surface area contributed by atoms with E-state index in [1.807, 2.05) is 19.9 Å². The van der Waals surface area contributed by atoms with Crippen LogP contribution in [0, 0.1) is 6.92 Å². The van der Waals surface area contributed by atoms with Crippen LogP contribution in [0.2, 0.25) is 0 Å². The maximum absolute atomic E-state index is 11.0. The number of amides is 1. The number of ether oxygens (including phenoxy) is 1. The zero-order chi connectivity index (χ0) is 12.1. The van der Waals surface area contributed by atoms with Gasteiger partial charge in [-0.05, 0) is 25.0 Å². The fraction of sp³-hybridized carbons (Fsp3) is 0.300. The summed E-state index contributed by atoms with van der Waals surface area (Å²) in [6.45, 7) is 3.83. The van der Waals surface area contributed by atoms with Gasteiger partial charge in [-0.2, -0.15) is 8.42 Å². The van der Waals surface area contributed by atoms with Gasteiger partial charge < -0.3 is 4.74 Å². The average molecular weight is 241 g/mol. The van der Waals surface area contributed by atoms with Gasteiger partial charge in [-0.1, -0.05) is 29.0 Å². The molecule has 1 aromatic rings. The van der Waals surface area contributed by atoms with E-state index in [1.165, 1.54) is 0 Å². The van der Waals surface area contributed by atoms with E-state index >= 15 is 0 Å². The maximum atomic E-state index is 11.0. The predicted octanol–water partition coefficient (Wildman–Crippen LogP) is 2.12. The van der Waals surface area contributed by atoms with Crippen LogP contribution in [0.4, 0.5) is 4.79 Å². The highest BCUT2D eigenvalue weighted by Crippen LogP contribution is 2.20. The minimum absolute atomic E-state index is 0.340. The fourth-order valence-corrected chi connectivity index (χ4v) is 1.42. The summed E-state index contributed by atoms with van der Waals surface area (Å²) in [6, 6.07) is 5.27. The molecule has 0 saturated carbocycles. The van der Waals surface area contributed by atoms with Gasteiger partial charge in [0.2, 0.25) is 0 Å². The first-order valence-electron chi connectivity index (χ1n) is 4.65. The number of carbonyl (C=O) groups is 1. The van der Waals surface area contributed by atoms with Gasteiger partial charge in [0, 0.05) is 0 Å². The van der Waals surface area contributed by atoms with Gasteiger partial charge in [-0.3, -0.25) is 0 Å². The number of aryl methyl sites for hydroxylation is 2. The highest BCUT2D eigenvalue weighted by molar-refractivity contribution is 7.62. The first-order valence-corrected chi connectivity index (χ1v) is 5.68. The summed E-state index contributed by atoms with van der Waals surface area (Å²) < 4.78 is 27.8. The monoisotopic (exact) mass is 241 g/mol. The van der Waals surface area contributed by atoms with E-state index in [0.29, 0.717) is 12.2 Å². The molecule has 0 bridgehead atoms. The largest absolute Gasteiger partial charge is 0.454 e. The molecule has 0 fully saturated rings. The Kier molecular flexibility index (Phi) is 4.19. The minimum Gasteiger partial charge on any atom is -0.408 e. The zero-order valence-electron chi connectivity index (χ0n) is 8.93. The molecule has 86 valence electrons. The SMILES string of the molecule is CCc1cc(C)ccc1OC(=O)N=S(=O)=O. The summed E-state index contributed by atoms with van der Waals surface area (Å²) in [5.41, 5.74) is 1.88. The van der Waals surface area contributed by atoms with Crippen LogP contribution in [0.3, 0.4) is 0 Å². The van der Waals surface area contributed by atoms with Gasteiger partial charge in [-0.15, -0.1) is 0 Å². The Morgan fingerprint density at radius 3 is 2.69 bits per heavy atom. The van der Waals surface area contributed by atoms with Gasteiger partial charge in [0.15, 0.2) is 0 Å². The van der Waals surface area contributed by atoms with Crippen molar-refractivity contribution in [3.63, 3.8) is 0 Å². The van der Waals surface area contributed by atoms with Crippen LogP contribution in [-0.2, 0) is 16.9 Å². The third kappa shape index (κ3) is 3.47. The molecule has 1 amide bonds. The molecule has 0 N–H and O–H groups in total. The number of nitrogens with zero attached hydrogens (tertiary/aromatic N) is 1. The zero-order valence-corrected chi connectivity index (χ0v) is 9.74. The Balaban J connectivity index is 2.97. The molecule has 0 atom stereocenters. The Morgan fingerprint density at radius 2 is 2.12 bits per heavy atom. The van der Waals surface area contributed by atoms with Crippen molar-refractivity contribution in [1.82, 2.24) is 0 Å². The molecule has 0 unspecified atom stereocenters. The molecule has 0 heterocycles. The van der Waals surface area contributed by atoms with E-state index < -0.39 is 16.6 Å². The first kappa shape index (κ1) is 12.4. The average Bonchev–Trinajstić information content (AvgIpc) is 2.19. The molecular formula is C10H11NO4S. The van der Waals surface area contributed by atoms with Gasteiger partial charge in [0.1, 0.15) is 5.75 Å². The summed E-state index contributed by atoms with van der Waals surface area (Å²) in [5.74, 6) is 0.340. The molecule has 0 saturated heterocycles. The lowest BCUT2D eigenvalue weighted by molar-refractivity contribution is 0.211. The van der Waals surface area contributed by atoms with E-state index in [4.69, 9.17) is 4.74 Å². The van der Waals surface area contributed by atoms with Crippen LogP contribution < -0.4 is 4.74 Å². The molecule has 0 aliphatic heterocycles. The van der Waals surface area contributed by atoms with Crippen molar-refractivity contribution in [1.29, 1.82) is 0 Å². The second-order valence-electron chi connectivity index (χ2n) is 3.14. The van der Waals surface area contributed by atoms with Crippen molar-refractivity contribution in [2.75, 3.05) is 0 Å². The molecule has 0 aliphatic carbocycles. The standard InChI is InChI=1S/C10H11NO4S/c1-3-8-6-7(2)4-5-9(8)15-10(12)11-16(13)14/h4-6H,3H2,1-2H3. The van der Waals surface area contributed by atoms with Crippen molar-refractivity contribution < 1.29 is 17.9 Å². The van der Waals surface area contributed by atoms with Crippen LogP contribution in [0.1, 0.15) is 18.1 Å². The third-order valence-corrected chi connectivity index (χ3v) is 2.24. The topological polar surface area (TPSA) is 72.8 Å². The number of benzene rings is 1. The molecule has 0 aliphatic rings. The van der Waals surface area contributed by atoms with Crippen molar-refractivity contribution in [3.05, 3.63) is 29.3 Å². The molecule has 0 radical (unpaired) electrons. The molecule has 1 rings (SSSR count). The van der Waals surface area contributed by atoms with Crippen molar-refractivity contribution in [3.8, 4) is 5.75 Å². The van der Waals surface area contributed by atoms with Crippen molar-refractivity contribution in [2.45, 2.75) is 20.3 Å². The first-order chi connectivity index (χ1) is 7.52. The van der Waals surface area contributed by atoms with Crippen LogP contribution in [0.25, 0.3) is 0 Å². The summed E-state index contributed by atoms with van der Waals surface area (Å²) >= 11 is 0. The molecule has 0 aromatic heterocycles. The number of hydrogen-bond acceptors (Lipinski definition) is 4. The van der Waals surface area contributed by atoms with Crippen LogP contribution >= 0.6 is 0 Å². The molecular weight excluding hydrogens is 230 g/mol. The molecule has 6 heteroatoms. The van der Waals surface area contributed by atoms with Gasteiger partial charge in [0.05, 0.1) is 0 Å². The van der Waals surface area contributed by atoms with E-state index in [0.717, 1.165) is 11.1 Å². The second kappa shape index (κ2) is 5.41. The van der Waals surface area contributed by atoms with Gasteiger partial charge in [0.25, 0.3) is 0 Å². The highest BCUT2D eigenvalue weighted by Gasteiger charge is 2.07. The fourth-order valence-electron chi connectivity index (χ4n) is 1.26. The Bertz CT molecular complexity index is 526. The summed E-state index contributed by atoms with van der Waals surface area (Å²) in [6.07, 6.45) is -0.447. The summed E-state index contributed by atoms with van der Waals surface area (Å²) in [4.78, 5) is 11.0. The second-order valence-corrected chi connectivity index (χ2v) is 3.76. The predicted molar refractivity (Wildman–Crippen MR) is 57.9 cm³/mol. The number of carbonyl (C=O) groups excluding carboxylic acids is 1. The quantitative estimate of drug-likeness (QED) is 0.795. The van der Waals surface area contributed by atoms with Gasteiger partial charge >= 0.3 is 16.6 Å². The van der Waals surface area contributed by atoms with Gasteiger partial charge in [-0.25, -0.2) is 4.79 Å². The van der Waals surface area contributed by atoms with E-state index in [-0.39, 0.29) is 0 Å². The third-order valence-electron chi connectivity index (χ3n) is 1.94.